The van der Waals surface area contributed by atoms with Crippen molar-refractivity contribution in [1.29, 1.82) is 0 Å². The van der Waals surface area contributed by atoms with Crippen LogP contribution >= 0.6 is 0 Å². The average molecular weight is 501 g/mol. The molecule has 0 aliphatic rings. The van der Waals surface area contributed by atoms with Crippen molar-refractivity contribution < 1.29 is 23.8 Å². The van der Waals surface area contributed by atoms with Crippen molar-refractivity contribution >= 4 is 18.0 Å². The molecule has 1 aromatic rings. The average Bonchev–Trinajstić information content (AvgIpc) is 2.88. The quantitative estimate of drug-likeness (QED) is 0.0911. The Labute approximate surface area is 219 Å². The summed E-state index contributed by atoms with van der Waals surface area (Å²) in [5, 5.41) is 0. The highest BCUT2D eigenvalue weighted by atomic mass is 16.6. The van der Waals surface area contributed by atoms with Gasteiger partial charge >= 0.3 is 11.9 Å². The first kappa shape index (κ1) is 31.5. The Bertz CT molecular complexity index is 736. The predicted molar refractivity (Wildman–Crippen MR) is 148 cm³/mol. The molecule has 0 spiro atoms. The first-order chi connectivity index (χ1) is 17.7. The fourth-order valence-electron chi connectivity index (χ4n) is 3.84. The Kier molecular flexibility index (Phi) is 20.0. The van der Waals surface area contributed by atoms with E-state index in [0.717, 1.165) is 24.3 Å². The zero-order valence-electron chi connectivity index (χ0n) is 22.7. The van der Waals surface area contributed by atoms with Crippen molar-refractivity contribution in [3.8, 4) is 5.75 Å². The van der Waals surface area contributed by atoms with Crippen molar-refractivity contribution in [2.75, 3.05) is 19.8 Å². The van der Waals surface area contributed by atoms with E-state index in [0.29, 0.717) is 0 Å². The Hall–Kier alpha value is -2.56. The number of carbonyl (C=O) groups excluding carboxylic acids is 2. The van der Waals surface area contributed by atoms with Crippen molar-refractivity contribution in [1.82, 2.24) is 0 Å². The lowest BCUT2D eigenvalue weighted by Gasteiger charge is -2.07. The van der Waals surface area contributed by atoms with Crippen molar-refractivity contribution in [3.63, 3.8) is 0 Å². The standard InChI is InChI=1S/C31H48O5/c1-3-5-6-7-8-9-10-11-12-13-14-15-16-17-25-34-29-22-19-28(20-23-29)21-24-31(33)36-27-26-35-30(32)18-4-2/h4,18-24H,3,5-17,25-27H2,1-2H3/b18-4+,24-21+. The summed E-state index contributed by atoms with van der Waals surface area (Å²) >= 11 is 0. The molecule has 5 nitrogen and oxygen atoms in total. The lowest BCUT2D eigenvalue weighted by atomic mass is 10.0. The summed E-state index contributed by atoms with van der Waals surface area (Å²) in [5.74, 6) is -0.0849. The maximum Gasteiger partial charge on any atom is 0.330 e. The number of ether oxygens (including phenoxy) is 3. The molecule has 0 unspecified atom stereocenters. The summed E-state index contributed by atoms with van der Waals surface area (Å²) in [7, 11) is 0. The van der Waals surface area contributed by atoms with E-state index in [1.54, 1.807) is 19.1 Å². The van der Waals surface area contributed by atoms with Gasteiger partial charge in [0.1, 0.15) is 19.0 Å². The van der Waals surface area contributed by atoms with Crippen molar-refractivity contribution in [2.45, 2.75) is 104 Å². The van der Waals surface area contributed by atoms with E-state index >= 15 is 0 Å². The van der Waals surface area contributed by atoms with Gasteiger partial charge in [0.25, 0.3) is 0 Å². The minimum absolute atomic E-state index is 0.0263. The SMILES string of the molecule is C/C=C/C(=O)OCCOC(=O)/C=C/c1ccc(OCCCCCCCCCCCCCCCC)cc1. The van der Waals surface area contributed by atoms with Gasteiger partial charge in [0.2, 0.25) is 0 Å². The van der Waals surface area contributed by atoms with E-state index < -0.39 is 11.9 Å². The number of benzene rings is 1. The number of allylic oxidation sites excluding steroid dienone is 1. The highest BCUT2D eigenvalue weighted by Crippen LogP contribution is 2.15. The molecule has 0 saturated carbocycles. The molecule has 0 aliphatic heterocycles. The number of unbranched alkanes of at least 4 members (excludes halogenated alkanes) is 13. The smallest absolute Gasteiger partial charge is 0.330 e. The third-order valence-electron chi connectivity index (χ3n) is 5.93. The van der Waals surface area contributed by atoms with Gasteiger partial charge in [0.05, 0.1) is 6.61 Å². The zero-order chi connectivity index (χ0) is 26.1. The monoisotopic (exact) mass is 500 g/mol. The van der Waals surface area contributed by atoms with E-state index in [9.17, 15) is 9.59 Å². The highest BCUT2D eigenvalue weighted by molar-refractivity contribution is 5.87. The van der Waals surface area contributed by atoms with Gasteiger partial charge in [0, 0.05) is 12.2 Å². The van der Waals surface area contributed by atoms with Crippen LogP contribution in [0.15, 0.2) is 42.5 Å². The summed E-state index contributed by atoms with van der Waals surface area (Å²) in [4.78, 5) is 22.9. The molecule has 0 bridgehead atoms. The molecule has 0 N–H and O–H groups in total. The second-order valence-electron chi connectivity index (χ2n) is 9.18. The molecule has 1 aromatic carbocycles. The van der Waals surface area contributed by atoms with Crippen LogP contribution in [-0.4, -0.2) is 31.8 Å². The molecule has 0 saturated heterocycles. The molecule has 1 rings (SSSR count). The van der Waals surface area contributed by atoms with Crippen LogP contribution in [0.25, 0.3) is 6.08 Å². The zero-order valence-corrected chi connectivity index (χ0v) is 22.7. The molecule has 0 amide bonds. The second-order valence-corrected chi connectivity index (χ2v) is 9.18. The van der Waals surface area contributed by atoms with Crippen molar-refractivity contribution in [2.24, 2.45) is 0 Å². The van der Waals surface area contributed by atoms with Gasteiger partial charge in [-0.1, -0.05) is 109 Å². The molecule has 0 aromatic heterocycles. The van der Waals surface area contributed by atoms with Crippen molar-refractivity contribution in [3.05, 3.63) is 48.1 Å². The number of hydrogen-bond acceptors (Lipinski definition) is 5. The lowest BCUT2D eigenvalue weighted by Crippen LogP contribution is -2.11. The summed E-state index contributed by atoms with van der Waals surface area (Å²) in [6.45, 7) is 4.80. The second kappa shape index (κ2) is 22.9. The maximum absolute atomic E-state index is 11.7. The van der Waals surface area contributed by atoms with E-state index in [1.165, 1.54) is 95.6 Å². The molecule has 202 valence electrons. The third kappa shape index (κ3) is 18.7. The summed E-state index contributed by atoms with van der Waals surface area (Å²) in [5.41, 5.74) is 0.885. The molecule has 36 heavy (non-hydrogen) atoms. The Morgan fingerprint density at radius 3 is 1.61 bits per heavy atom. The molecule has 0 radical (unpaired) electrons. The number of carbonyl (C=O) groups is 2. The fraction of sp³-hybridized carbons (Fsp3) is 0.613. The van der Waals surface area contributed by atoms with Crippen LogP contribution in [-0.2, 0) is 19.1 Å². The fourth-order valence-corrected chi connectivity index (χ4v) is 3.84. The van der Waals surface area contributed by atoms with E-state index in [2.05, 4.69) is 6.92 Å². The normalized spacial score (nSPS) is 11.3. The molecule has 5 heteroatoms. The topological polar surface area (TPSA) is 61.8 Å². The summed E-state index contributed by atoms with van der Waals surface area (Å²) in [6, 6.07) is 7.64. The lowest BCUT2D eigenvalue weighted by molar-refractivity contribution is -0.146. The van der Waals surface area contributed by atoms with Crippen LogP contribution in [0.3, 0.4) is 0 Å². The number of hydrogen-bond donors (Lipinski definition) is 0. The minimum Gasteiger partial charge on any atom is -0.494 e. The molecule has 0 atom stereocenters. The highest BCUT2D eigenvalue weighted by Gasteiger charge is 2.01. The van der Waals surface area contributed by atoms with Gasteiger partial charge in [0.15, 0.2) is 0 Å². The maximum atomic E-state index is 11.7. The van der Waals surface area contributed by atoms with Crippen LogP contribution in [0, 0.1) is 0 Å². The first-order valence-corrected chi connectivity index (χ1v) is 14.0. The molecule has 0 heterocycles. The Morgan fingerprint density at radius 1 is 0.639 bits per heavy atom. The predicted octanol–water partition coefficient (Wildman–Crippen LogP) is 8.22. The van der Waals surface area contributed by atoms with E-state index in [-0.39, 0.29) is 13.2 Å². The van der Waals surface area contributed by atoms with Gasteiger partial charge in [-0.05, 0) is 37.1 Å². The van der Waals surface area contributed by atoms with Gasteiger partial charge in [-0.25, -0.2) is 9.59 Å². The van der Waals surface area contributed by atoms with E-state index in [4.69, 9.17) is 14.2 Å². The molecular weight excluding hydrogens is 452 g/mol. The molecular formula is C31H48O5. The van der Waals surface area contributed by atoms with Gasteiger partial charge in [-0.2, -0.15) is 0 Å². The summed E-state index contributed by atoms with van der Waals surface area (Å²) < 4.78 is 15.7. The van der Waals surface area contributed by atoms with Gasteiger partial charge in [-0.3, -0.25) is 0 Å². The Morgan fingerprint density at radius 2 is 1.11 bits per heavy atom. The van der Waals surface area contributed by atoms with E-state index in [1.807, 2.05) is 24.3 Å². The van der Waals surface area contributed by atoms with Gasteiger partial charge < -0.3 is 14.2 Å². The molecule has 0 aliphatic carbocycles. The van der Waals surface area contributed by atoms with Crippen LogP contribution in [0.2, 0.25) is 0 Å². The summed E-state index contributed by atoms with van der Waals surface area (Å²) in [6.07, 6.45) is 24.9. The molecule has 0 fully saturated rings. The van der Waals surface area contributed by atoms with Gasteiger partial charge in [-0.15, -0.1) is 0 Å². The van der Waals surface area contributed by atoms with Crippen LogP contribution in [0.5, 0.6) is 5.75 Å². The largest absolute Gasteiger partial charge is 0.494 e. The van der Waals surface area contributed by atoms with Crippen LogP contribution in [0.1, 0.15) is 109 Å². The number of esters is 2. The third-order valence-corrected chi connectivity index (χ3v) is 5.93. The first-order valence-electron chi connectivity index (χ1n) is 14.0. The number of rotatable bonds is 22. The van der Waals surface area contributed by atoms with Crippen LogP contribution in [0.4, 0.5) is 0 Å². The minimum atomic E-state index is -0.477. The van der Waals surface area contributed by atoms with Crippen LogP contribution < -0.4 is 4.74 Å². The Balaban J connectivity index is 2.00.